The molecule has 19 heavy (non-hydrogen) atoms. The number of aryl methyl sites for hydroxylation is 1. The predicted molar refractivity (Wildman–Crippen MR) is 84.3 cm³/mol. The predicted octanol–water partition coefficient (Wildman–Crippen LogP) is 4.90. The van der Waals surface area contributed by atoms with Crippen molar-refractivity contribution >= 4 is 33.2 Å². The van der Waals surface area contributed by atoms with Gasteiger partial charge in [-0.05, 0) is 42.8 Å². The highest BCUT2D eigenvalue weighted by Crippen LogP contribution is 2.25. The van der Waals surface area contributed by atoms with Gasteiger partial charge < -0.3 is 10.1 Å². The van der Waals surface area contributed by atoms with Crippen LogP contribution in [-0.4, -0.2) is 13.2 Å². The molecule has 0 aliphatic carbocycles. The van der Waals surface area contributed by atoms with Gasteiger partial charge in [0.2, 0.25) is 0 Å². The van der Waals surface area contributed by atoms with Crippen molar-refractivity contribution in [3.8, 4) is 5.75 Å². The smallest absolute Gasteiger partial charge is 0.138 e. The summed E-state index contributed by atoms with van der Waals surface area (Å²) >= 11 is 9.50. The summed E-state index contributed by atoms with van der Waals surface area (Å²) in [5.41, 5.74) is 2.20. The molecule has 1 N–H and O–H groups in total. The van der Waals surface area contributed by atoms with Crippen LogP contribution >= 0.6 is 27.5 Å². The van der Waals surface area contributed by atoms with E-state index in [0.717, 1.165) is 28.0 Å². The van der Waals surface area contributed by atoms with E-state index >= 15 is 0 Å². The Morgan fingerprint density at radius 3 is 2.84 bits per heavy atom. The summed E-state index contributed by atoms with van der Waals surface area (Å²) < 4.78 is 6.72. The standard InChI is InChI=1S/C15H15BrClNO/c1-11-5-6-14(17)15(9-11)19-8-7-18-13-4-2-3-12(16)10-13/h2-6,9-10,18H,7-8H2,1H3. The first-order valence-electron chi connectivity index (χ1n) is 6.03. The molecule has 0 spiro atoms. The Hall–Kier alpha value is -1.19. The molecule has 0 atom stereocenters. The molecule has 2 aromatic rings. The lowest BCUT2D eigenvalue weighted by Gasteiger charge is -2.10. The van der Waals surface area contributed by atoms with Crippen molar-refractivity contribution < 1.29 is 4.74 Å². The van der Waals surface area contributed by atoms with E-state index in [1.807, 2.05) is 49.4 Å². The molecule has 0 fully saturated rings. The Morgan fingerprint density at radius 1 is 1.21 bits per heavy atom. The second-order valence-corrected chi connectivity index (χ2v) is 5.54. The van der Waals surface area contributed by atoms with Crippen LogP contribution in [0.5, 0.6) is 5.75 Å². The van der Waals surface area contributed by atoms with Crippen molar-refractivity contribution in [2.45, 2.75) is 6.92 Å². The second kappa shape index (κ2) is 6.83. The Balaban J connectivity index is 1.82. The normalized spacial score (nSPS) is 10.3. The van der Waals surface area contributed by atoms with E-state index in [9.17, 15) is 0 Å². The van der Waals surface area contributed by atoms with Crippen LogP contribution in [0.25, 0.3) is 0 Å². The zero-order chi connectivity index (χ0) is 13.7. The van der Waals surface area contributed by atoms with Crippen LogP contribution in [0.4, 0.5) is 5.69 Å². The fourth-order valence-corrected chi connectivity index (χ4v) is 2.25. The number of nitrogens with one attached hydrogen (secondary N) is 1. The third kappa shape index (κ3) is 4.44. The molecule has 0 saturated heterocycles. The van der Waals surface area contributed by atoms with Crippen molar-refractivity contribution in [1.29, 1.82) is 0 Å². The molecule has 2 aromatic carbocycles. The van der Waals surface area contributed by atoms with Crippen LogP contribution in [0.3, 0.4) is 0 Å². The molecule has 100 valence electrons. The molecule has 0 aliphatic heterocycles. The number of benzene rings is 2. The fourth-order valence-electron chi connectivity index (χ4n) is 1.68. The second-order valence-electron chi connectivity index (χ2n) is 4.22. The minimum atomic E-state index is 0.565. The van der Waals surface area contributed by atoms with Gasteiger partial charge in [-0.3, -0.25) is 0 Å². The molecule has 0 aromatic heterocycles. The number of ether oxygens (including phenoxy) is 1. The highest BCUT2D eigenvalue weighted by molar-refractivity contribution is 9.10. The monoisotopic (exact) mass is 339 g/mol. The average Bonchev–Trinajstić information content (AvgIpc) is 2.39. The van der Waals surface area contributed by atoms with E-state index < -0.39 is 0 Å². The number of halogens is 2. The Labute approximate surface area is 126 Å². The summed E-state index contributed by atoms with van der Waals surface area (Å²) in [4.78, 5) is 0. The van der Waals surface area contributed by atoms with Gasteiger partial charge in [0.05, 0.1) is 5.02 Å². The molecule has 0 radical (unpaired) electrons. The Morgan fingerprint density at radius 2 is 2.05 bits per heavy atom. The molecule has 0 amide bonds. The van der Waals surface area contributed by atoms with Crippen LogP contribution in [0.2, 0.25) is 5.02 Å². The topological polar surface area (TPSA) is 21.3 Å². The minimum absolute atomic E-state index is 0.565. The van der Waals surface area contributed by atoms with Gasteiger partial charge >= 0.3 is 0 Å². The lowest BCUT2D eigenvalue weighted by atomic mass is 10.2. The maximum Gasteiger partial charge on any atom is 0.138 e. The SMILES string of the molecule is Cc1ccc(Cl)c(OCCNc2cccc(Br)c2)c1. The molecule has 4 heteroatoms. The van der Waals surface area contributed by atoms with Gasteiger partial charge in [0.25, 0.3) is 0 Å². The first-order chi connectivity index (χ1) is 9.15. The number of hydrogen-bond donors (Lipinski definition) is 1. The largest absolute Gasteiger partial charge is 0.490 e. The molecule has 2 nitrogen and oxygen atoms in total. The highest BCUT2D eigenvalue weighted by Gasteiger charge is 2.01. The van der Waals surface area contributed by atoms with Gasteiger partial charge in [-0.1, -0.05) is 39.7 Å². The van der Waals surface area contributed by atoms with E-state index in [1.54, 1.807) is 0 Å². The zero-order valence-electron chi connectivity index (χ0n) is 10.6. The molecule has 0 heterocycles. The van der Waals surface area contributed by atoms with Gasteiger partial charge in [0, 0.05) is 16.7 Å². The molecule has 0 bridgehead atoms. The molecule has 0 aliphatic rings. The van der Waals surface area contributed by atoms with Gasteiger partial charge in [-0.2, -0.15) is 0 Å². The molecular weight excluding hydrogens is 326 g/mol. The lowest BCUT2D eigenvalue weighted by Crippen LogP contribution is -2.11. The van der Waals surface area contributed by atoms with Gasteiger partial charge in [-0.15, -0.1) is 0 Å². The first kappa shape index (κ1) is 14.2. The van der Waals surface area contributed by atoms with E-state index in [-0.39, 0.29) is 0 Å². The number of hydrogen-bond acceptors (Lipinski definition) is 2. The summed E-state index contributed by atoms with van der Waals surface area (Å²) in [6, 6.07) is 13.8. The van der Waals surface area contributed by atoms with Gasteiger partial charge in [0.1, 0.15) is 12.4 Å². The van der Waals surface area contributed by atoms with E-state index in [0.29, 0.717) is 11.6 Å². The summed E-state index contributed by atoms with van der Waals surface area (Å²) in [5.74, 6) is 0.734. The van der Waals surface area contributed by atoms with Crippen molar-refractivity contribution in [1.82, 2.24) is 0 Å². The van der Waals surface area contributed by atoms with Crippen LogP contribution in [0.1, 0.15) is 5.56 Å². The average molecular weight is 341 g/mol. The van der Waals surface area contributed by atoms with Gasteiger partial charge in [-0.25, -0.2) is 0 Å². The summed E-state index contributed by atoms with van der Waals surface area (Å²) in [5, 5.41) is 3.94. The van der Waals surface area contributed by atoms with Gasteiger partial charge in [0.15, 0.2) is 0 Å². The molecule has 0 unspecified atom stereocenters. The summed E-state index contributed by atoms with van der Waals surface area (Å²) in [6.45, 7) is 3.30. The van der Waals surface area contributed by atoms with Crippen LogP contribution in [-0.2, 0) is 0 Å². The molecule has 0 saturated carbocycles. The third-order valence-corrected chi connectivity index (χ3v) is 3.41. The van der Waals surface area contributed by atoms with E-state index in [1.165, 1.54) is 0 Å². The molecule has 2 rings (SSSR count). The quantitative estimate of drug-likeness (QED) is 0.782. The van der Waals surface area contributed by atoms with Crippen molar-refractivity contribution in [3.63, 3.8) is 0 Å². The maximum absolute atomic E-state index is 6.06. The summed E-state index contributed by atoms with van der Waals surface area (Å²) in [6.07, 6.45) is 0. The van der Waals surface area contributed by atoms with Crippen LogP contribution < -0.4 is 10.1 Å². The Bertz CT molecular complexity index is 560. The summed E-state index contributed by atoms with van der Waals surface area (Å²) in [7, 11) is 0. The van der Waals surface area contributed by atoms with Crippen LogP contribution in [0, 0.1) is 6.92 Å². The zero-order valence-corrected chi connectivity index (χ0v) is 13.0. The van der Waals surface area contributed by atoms with Crippen molar-refractivity contribution in [2.24, 2.45) is 0 Å². The number of rotatable bonds is 5. The minimum Gasteiger partial charge on any atom is -0.490 e. The Kier molecular flexibility index (Phi) is 5.11. The lowest BCUT2D eigenvalue weighted by molar-refractivity contribution is 0.333. The first-order valence-corrected chi connectivity index (χ1v) is 7.20. The molecular formula is C15H15BrClNO. The van der Waals surface area contributed by atoms with Crippen LogP contribution in [0.15, 0.2) is 46.9 Å². The third-order valence-electron chi connectivity index (χ3n) is 2.60. The van der Waals surface area contributed by atoms with Crippen molar-refractivity contribution in [2.75, 3.05) is 18.5 Å². The fraction of sp³-hybridized carbons (Fsp3) is 0.200. The highest BCUT2D eigenvalue weighted by atomic mass is 79.9. The maximum atomic E-state index is 6.06. The van der Waals surface area contributed by atoms with E-state index in [2.05, 4.69) is 21.2 Å². The number of anilines is 1. The van der Waals surface area contributed by atoms with Crippen molar-refractivity contribution in [3.05, 3.63) is 57.5 Å². The van der Waals surface area contributed by atoms with E-state index in [4.69, 9.17) is 16.3 Å².